The second kappa shape index (κ2) is 6.52. The van der Waals surface area contributed by atoms with Crippen molar-refractivity contribution >= 4 is 5.91 Å². The van der Waals surface area contributed by atoms with Crippen molar-refractivity contribution in [2.75, 3.05) is 20.2 Å². The summed E-state index contributed by atoms with van der Waals surface area (Å²) in [7, 11) is 1.71. The molecular formula is C14H22N2O2. The van der Waals surface area contributed by atoms with Crippen LogP contribution in [0.4, 0.5) is 0 Å². The van der Waals surface area contributed by atoms with Gasteiger partial charge in [-0.2, -0.15) is 0 Å². The first kappa shape index (κ1) is 14.7. The number of aryl methyl sites for hydroxylation is 2. The molecule has 1 unspecified atom stereocenters. The number of amides is 1. The van der Waals surface area contributed by atoms with Crippen LogP contribution >= 0.6 is 0 Å². The van der Waals surface area contributed by atoms with Crippen LogP contribution in [0, 0.1) is 13.8 Å². The Bertz CT molecular complexity index is 418. The van der Waals surface area contributed by atoms with E-state index in [1.807, 2.05) is 0 Å². The quantitative estimate of drug-likeness (QED) is 0.805. The molecule has 1 rings (SSSR count). The average molecular weight is 250 g/mol. The molecule has 1 aromatic rings. The van der Waals surface area contributed by atoms with Crippen molar-refractivity contribution < 1.29 is 9.90 Å². The van der Waals surface area contributed by atoms with E-state index in [9.17, 15) is 4.79 Å². The van der Waals surface area contributed by atoms with Crippen LogP contribution in [0.25, 0.3) is 0 Å². The number of aliphatic hydroxyl groups is 1. The summed E-state index contributed by atoms with van der Waals surface area (Å²) in [5, 5.41) is 8.84. The Morgan fingerprint density at radius 3 is 2.67 bits per heavy atom. The summed E-state index contributed by atoms with van der Waals surface area (Å²) in [6, 6.07) is 5.49. The fourth-order valence-corrected chi connectivity index (χ4v) is 1.89. The summed E-state index contributed by atoms with van der Waals surface area (Å²) in [4.78, 5) is 13.2. The van der Waals surface area contributed by atoms with E-state index in [-0.39, 0.29) is 12.5 Å². The number of rotatable bonds is 5. The SMILES string of the molecule is Cc1ccc(CCN(C)C(=O)C(N)CO)c(C)c1. The van der Waals surface area contributed by atoms with Crippen LogP contribution in [-0.2, 0) is 11.2 Å². The smallest absolute Gasteiger partial charge is 0.241 e. The van der Waals surface area contributed by atoms with E-state index in [1.54, 1.807) is 11.9 Å². The van der Waals surface area contributed by atoms with Gasteiger partial charge in [0.05, 0.1) is 6.61 Å². The molecule has 3 N–H and O–H groups in total. The lowest BCUT2D eigenvalue weighted by atomic mass is 10.0. The summed E-state index contributed by atoms with van der Waals surface area (Å²) in [6.07, 6.45) is 0.798. The number of aliphatic hydroxyl groups excluding tert-OH is 1. The van der Waals surface area contributed by atoms with Crippen molar-refractivity contribution in [3.8, 4) is 0 Å². The fraction of sp³-hybridized carbons (Fsp3) is 0.500. The lowest BCUT2D eigenvalue weighted by molar-refractivity contribution is -0.132. The summed E-state index contributed by atoms with van der Waals surface area (Å²) in [5.74, 6) is -0.220. The van der Waals surface area contributed by atoms with Crippen LogP contribution in [0.1, 0.15) is 16.7 Å². The summed E-state index contributed by atoms with van der Waals surface area (Å²) in [6.45, 7) is 4.43. The van der Waals surface area contributed by atoms with E-state index >= 15 is 0 Å². The molecule has 100 valence electrons. The summed E-state index contributed by atoms with van der Waals surface area (Å²) in [5.41, 5.74) is 9.21. The molecule has 0 saturated carbocycles. The van der Waals surface area contributed by atoms with Gasteiger partial charge >= 0.3 is 0 Å². The maximum atomic E-state index is 11.7. The van der Waals surface area contributed by atoms with Gasteiger partial charge in [-0.05, 0) is 31.4 Å². The van der Waals surface area contributed by atoms with Crippen molar-refractivity contribution in [3.63, 3.8) is 0 Å². The van der Waals surface area contributed by atoms with Crippen molar-refractivity contribution in [2.24, 2.45) is 5.73 Å². The first-order valence-electron chi connectivity index (χ1n) is 6.13. The molecule has 0 bridgehead atoms. The third kappa shape index (κ3) is 3.82. The highest BCUT2D eigenvalue weighted by atomic mass is 16.3. The average Bonchev–Trinajstić information content (AvgIpc) is 2.35. The third-order valence-corrected chi connectivity index (χ3v) is 3.10. The molecule has 1 aromatic carbocycles. The number of hydrogen-bond acceptors (Lipinski definition) is 3. The normalized spacial score (nSPS) is 12.3. The van der Waals surface area contributed by atoms with Gasteiger partial charge in [-0.1, -0.05) is 23.8 Å². The van der Waals surface area contributed by atoms with Gasteiger partial charge in [0, 0.05) is 13.6 Å². The Kier molecular flexibility index (Phi) is 5.31. The molecule has 0 aliphatic carbocycles. The van der Waals surface area contributed by atoms with Gasteiger partial charge in [0.15, 0.2) is 0 Å². The van der Waals surface area contributed by atoms with Gasteiger partial charge in [-0.15, -0.1) is 0 Å². The standard InChI is InChI=1S/C14H22N2O2/c1-10-4-5-12(11(2)8-10)6-7-16(3)14(18)13(15)9-17/h4-5,8,13,17H,6-7,9,15H2,1-3H3. The van der Waals surface area contributed by atoms with Crippen LogP contribution in [0.15, 0.2) is 18.2 Å². The van der Waals surface area contributed by atoms with E-state index in [4.69, 9.17) is 10.8 Å². The lowest BCUT2D eigenvalue weighted by Gasteiger charge is -2.20. The number of carbonyl (C=O) groups excluding carboxylic acids is 1. The van der Waals surface area contributed by atoms with E-state index in [1.165, 1.54) is 16.7 Å². The highest BCUT2D eigenvalue weighted by molar-refractivity contribution is 5.81. The number of nitrogens with zero attached hydrogens (tertiary/aromatic N) is 1. The van der Waals surface area contributed by atoms with E-state index < -0.39 is 6.04 Å². The molecule has 0 fully saturated rings. The number of nitrogens with two attached hydrogens (primary N) is 1. The van der Waals surface area contributed by atoms with Crippen molar-refractivity contribution in [3.05, 3.63) is 34.9 Å². The Labute approximate surface area is 108 Å². The molecule has 1 atom stereocenters. The molecule has 0 aliphatic rings. The van der Waals surface area contributed by atoms with Gasteiger partial charge in [-0.3, -0.25) is 4.79 Å². The summed E-state index contributed by atoms with van der Waals surface area (Å²) < 4.78 is 0. The van der Waals surface area contributed by atoms with Crippen LogP contribution in [0.2, 0.25) is 0 Å². The number of benzene rings is 1. The highest BCUT2D eigenvalue weighted by Crippen LogP contribution is 2.11. The van der Waals surface area contributed by atoms with E-state index in [0.29, 0.717) is 6.54 Å². The van der Waals surface area contributed by atoms with Gasteiger partial charge in [-0.25, -0.2) is 0 Å². The van der Waals surface area contributed by atoms with E-state index in [2.05, 4.69) is 32.0 Å². The van der Waals surface area contributed by atoms with Gasteiger partial charge in [0.1, 0.15) is 6.04 Å². The first-order valence-corrected chi connectivity index (χ1v) is 6.13. The molecule has 18 heavy (non-hydrogen) atoms. The molecule has 0 heterocycles. The minimum Gasteiger partial charge on any atom is -0.394 e. The maximum absolute atomic E-state index is 11.7. The summed E-state index contributed by atoms with van der Waals surface area (Å²) >= 11 is 0. The molecule has 4 heteroatoms. The van der Waals surface area contributed by atoms with Crippen LogP contribution in [0.3, 0.4) is 0 Å². The number of carbonyl (C=O) groups is 1. The minimum absolute atomic E-state index is 0.220. The van der Waals surface area contributed by atoms with E-state index in [0.717, 1.165) is 6.42 Å². The van der Waals surface area contributed by atoms with Crippen molar-refractivity contribution in [1.29, 1.82) is 0 Å². The van der Waals surface area contributed by atoms with Gasteiger partial charge < -0.3 is 15.7 Å². The second-order valence-corrected chi connectivity index (χ2v) is 4.73. The Morgan fingerprint density at radius 1 is 1.44 bits per heavy atom. The second-order valence-electron chi connectivity index (χ2n) is 4.73. The van der Waals surface area contributed by atoms with Crippen LogP contribution < -0.4 is 5.73 Å². The largest absolute Gasteiger partial charge is 0.394 e. The molecule has 1 amide bonds. The predicted octanol–water partition coefficient (Wildman–Crippen LogP) is 0.624. The Hall–Kier alpha value is -1.39. The Balaban J connectivity index is 2.57. The fourth-order valence-electron chi connectivity index (χ4n) is 1.89. The third-order valence-electron chi connectivity index (χ3n) is 3.10. The van der Waals surface area contributed by atoms with Crippen molar-refractivity contribution in [1.82, 2.24) is 4.90 Å². The molecule has 4 nitrogen and oxygen atoms in total. The highest BCUT2D eigenvalue weighted by Gasteiger charge is 2.16. The topological polar surface area (TPSA) is 66.6 Å². The monoisotopic (exact) mass is 250 g/mol. The first-order chi connectivity index (χ1) is 8.45. The molecular weight excluding hydrogens is 228 g/mol. The minimum atomic E-state index is -0.811. The predicted molar refractivity (Wildman–Crippen MR) is 72.3 cm³/mol. The van der Waals surface area contributed by atoms with Gasteiger partial charge in [0.25, 0.3) is 0 Å². The molecule has 0 radical (unpaired) electrons. The molecule has 0 saturated heterocycles. The Morgan fingerprint density at radius 2 is 2.11 bits per heavy atom. The van der Waals surface area contributed by atoms with Crippen LogP contribution in [-0.4, -0.2) is 42.2 Å². The van der Waals surface area contributed by atoms with Gasteiger partial charge in [0.2, 0.25) is 5.91 Å². The molecule has 0 spiro atoms. The molecule has 0 aliphatic heterocycles. The zero-order chi connectivity index (χ0) is 13.7. The maximum Gasteiger partial charge on any atom is 0.241 e. The number of hydrogen-bond donors (Lipinski definition) is 2. The zero-order valence-electron chi connectivity index (χ0n) is 11.3. The van der Waals surface area contributed by atoms with Crippen molar-refractivity contribution in [2.45, 2.75) is 26.3 Å². The lowest BCUT2D eigenvalue weighted by Crippen LogP contribution is -2.44. The molecule has 0 aromatic heterocycles. The number of likely N-dealkylation sites (N-methyl/N-ethyl adjacent to an activating group) is 1. The zero-order valence-corrected chi connectivity index (χ0v) is 11.3. The van der Waals surface area contributed by atoms with Crippen LogP contribution in [0.5, 0.6) is 0 Å².